The maximum atomic E-state index is 12.9. The first-order valence-corrected chi connectivity index (χ1v) is 9.80. The van der Waals surface area contributed by atoms with Gasteiger partial charge in [0.25, 0.3) is 5.91 Å². The average Bonchev–Trinajstić information content (AvgIpc) is 2.72. The van der Waals surface area contributed by atoms with Crippen LogP contribution in [0.25, 0.3) is 0 Å². The first kappa shape index (κ1) is 20.6. The van der Waals surface area contributed by atoms with Crippen molar-refractivity contribution in [1.82, 2.24) is 14.8 Å². The maximum absolute atomic E-state index is 12.9. The van der Waals surface area contributed by atoms with Gasteiger partial charge >= 0.3 is 6.03 Å². The fraction of sp³-hybridized carbons (Fsp3) is 0.409. The van der Waals surface area contributed by atoms with Gasteiger partial charge in [0.15, 0.2) is 0 Å². The molecule has 2 aromatic rings. The van der Waals surface area contributed by atoms with Gasteiger partial charge in [-0.1, -0.05) is 6.07 Å². The van der Waals surface area contributed by atoms with E-state index in [1.165, 1.54) is 4.90 Å². The molecule has 3 amide bonds. The molecule has 0 bridgehead atoms. The number of benzene rings is 1. The van der Waals surface area contributed by atoms with Gasteiger partial charge < -0.3 is 14.7 Å². The summed E-state index contributed by atoms with van der Waals surface area (Å²) in [6.45, 7) is 6.97. The molecule has 1 aromatic heterocycles. The lowest BCUT2D eigenvalue weighted by atomic mass is 10.1. The number of rotatable bonds is 3. The molecule has 0 atom stereocenters. The van der Waals surface area contributed by atoms with Crippen LogP contribution < -0.4 is 9.80 Å². The Labute approximate surface area is 172 Å². The number of aromatic nitrogens is 1. The second-order valence-corrected chi connectivity index (χ2v) is 7.72. The summed E-state index contributed by atoms with van der Waals surface area (Å²) in [7, 11) is 5.15. The van der Waals surface area contributed by atoms with Gasteiger partial charge in [-0.2, -0.15) is 0 Å². The highest BCUT2D eigenvalue weighted by Gasteiger charge is 2.24. The highest BCUT2D eigenvalue weighted by Crippen LogP contribution is 2.21. The van der Waals surface area contributed by atoms with Crippen molar-refractivity contribution in [3.63, 3.8) is 0 Å². The van der Waals surface area contributed by atoms with E-state index in [1.807, 2.05) is 30.2 Å². The zero-order valence-electron chi connectivity index (χ0n) is 17.8. The van der Waals surface area contributed by atoms with Crippen molar-refractivity contribution in [2.24, 2.45) is 0 Å². The summed E-state index contributed by atoms with van der Waals surface area (Å²) < 4.78 is 0. The van der Waals surface area contributed by atoms with Crippen molar-refractivity contribution >= 4 is 23.4 Å². The van der Waals surface area contributed by atoms with Gasteiger partial charge in [-0.15, -0.1) is 0 Å². The number of pyridine rings is 1. The third kappa shape index (κ3) is 4.50. The van der Waals surface area contributed by atoms with Gasteiger partial charge in [0.1, 0.15) is 5.82 Å². The molecule has 29 heavy (non-hydrogen) atoms. The molecule has 2 heterocycles. The lowest BCUT2D eigenvalue weighted by Gasteiger charge is -2.36. The average molecular weight is 396 g/mol. The predicted molar refractivity (Wildman–Crippen MR) is 116 cm³/mol. The van der Waals surface area contributed by atoms with Gasteiger partial charge in [-0.3, -0.25) is 9.69 Å². The van der Waals surface area contributed by atoms with E-state index < -0.39 is 0 Å². The third-order valence-corrected chi connectivity index (χ3v) is 5.22. The molecular formula is C22H29N5O2. The zero-order valence-corrected chi connectivity index (χ0v) is 17.8. The van der Waals surface area contributed by atoms with Crippen LogP contribution in [-0.4, -0.2) is 74.0 Å². The smallest absolute Gasteiger partial charge is 0.323 e. The summed E-state index contributed by atoms with van der Waals surface area (Å²) in [5.74, 6) is 1.02. The van der Waals surface area contributed by atoms with Crippen LogP contribution in [0.5, 0.6) is 0 Å². The molecule has 1 aromatic carbocycles. The van der Waals surface area contributed by atoms with Crippen LogP contribution in [0.15, 0.2) is 36.5 Å². The molecule has 0 unspecified atom stereocenters. The molecule has 7 heteroatoms. The van der Waals surface area contributed by atoms with Crippen LogP contribution in [-0.2, 0) is 0 Å². The van der Waals surface area contributed by atoms with E-state index in [4.69, 9.17) is 0 Å². The van der Waals surface area contributed by atoms with Crippen molar-refractivity contribution < 1.29 is 9.59 Å². The molecule has 0 spiro atoms. The van der Waals surface area contributed by atoms with Crippen LogP contribution in [0, 0.1) is 13.8 Å². The second kappa shape index (κ2) is 8.51. The van der Waals surface area contributed by atoms with Gasteiger partial charge in [0.2, 0.25) is 0 Å². The van der Waals surface area contributed by atoms with Gasteiger partial charge in [0.05, 0.1) is 0 Å². The zero-order chi connectivity index (χ0) is 21.1. The van der Waals surface area contributed by atoms with Crippen molar-refractivity contribution in [3.8, 4) is 0 Å². The highest BCUT2D eigenvalue weighted by molar-refractivity contribution is 5.96. The summed E-state index contributed by atoms with van der Waals surface area (Å²) >= 11 is 0. The molecular weight excluding hydrogens is 366 g/mol. The largest absolute Gasteiger partial charge is 0.353 e. The molecule has 3 rings (SSSR count). The Bertz CT molecular complexity index is 887. The van der Waals surface area contributed by atoms with E-state index in [2.05, 4.69) is 22.9 Å². The fourth-order valence-electron chi connectivity index (χ4n) is 3.58. The van der Waals surface area contributed by atoms with Crippen LogP contribution in [0.3, 0.4) is 0 Å². The van der Waals surface area contributed by atoms with E-state index >= 15 is 0 Å². The first-order valence-electron chi connectivity index (χ1n) is 9.80. The normalized spacial score (nSPS) is 14.0. The lowest BCUT2D eigenvalue weighted by Crippen LogP contribution is -2.49. The van der Waals surface area contributed by atoms with Crippen LogP contribution in [0.1, 0.15) is 21.5 Å². The third-order valence-electron chi connectivity index (χ3n) is 5.22. The Hall–Kier alpha value is -3.09. The van der Waals surface area contributed by atoms with E-state index in [0.29, 0.717) is 18.7 Å². The molecule has 7 nitrogen and oxygen atoms in total. The first-order chi connectivity index (χ1) is 13.8. The minimum atomic E-state index is -0.111. The molecule has 1 fully saturated rings. The summed E-state index contributed by atoms with van der Waals surface area (Å²) in [4.78, 5) is 36.7. The standard InChI is InChI=1S/C22H29N5O2/c1-16-14-17(2)20(23-15-16)26-10-12-27(13-11-26)21(28)18-6-8-19(9-7-18)25(5)22(29)24(3)4/h6-9,14-15H,10-13H2,1-5H3. The lowest BCUT2D eigenvalue weighted by molar-refractivity contribution is 0.0746. The molecule has 154 valence electrons. The van der Waals surface area contributed by atoms with Crippen molar-refractivity contribution in [2.75, 3.05) is 57.1 Å². The summed E-state index contributed by atoms with van der Waals surface area (Å²) in [6, 6.07) is 9.22. The van der Waals surface area contributed by atoms with Crippen molar-refractivity contribution in [3.05, 3.63) is 53.2 Å². The summed E-state index contributed by atoms with van der Waals surface area (Å²) in [5.41, 5.74) is 3.71. The monoisotopic (exact) mass is 395 g/mol. The number of nitrogens with zero attached hydrogens (tertiary/aromatic N) is 5. The van der Waals surface area contributed by atoms with Gasteiger partial charge in [-0.05, 0) is 49.2 Å². The SMILES string of the molecule is Cc1cnc(N2CCN(C(=O)c3ccc(N(C)C(=O)N(C)C)cc3)CC2)c(C)c1. The summed E-state index contributed by atoms with van der Waals surface area (Å²) in [5, 5.41) is 0. The fourth-order valence-corrected chi connectivity index (χ4v) is 3.58. The molecule has 1 aliphatic rings. The van der Waals surface area contributed by atoms with Crippen molar-refractivity contribution in [1.29, 1.82) is 0 Å². The summed E-state index contributed by atoms with van der Waals surface area (Å²) in [6.07, 6.45) is 1.89. The number of hydrogen-bond acceptors (Lipinski definition) is 4. The van der Waals surface area contributed by atoms with Gasteiger partial charge in [0, 0.05) is 64.8 Å². The number of piperazine rings is 1. The van der Waals surface area contributed by atoms with E-state index in [1.54, 1.807) is 38.2 Å². The Morgan fingerprint density at radius 2 is 1.59 bits per heavy atom. The topological polar surface area (TPSA) is 60.0 Å². The van der Waals surface area contributed by atoms with Crippen molar-refractivity contribution in [2.45, 2.75) is 13.8 Å². The number of urea groups is 1. The molecule has 1 aliphatic heterocycles. The molecule has 0 saturated carbocycles. The predicted octanol–water partition coefficient (Wildman–Crippen LogP) is 2.78. The van der Waals surface area contributed by atoms with E-state index in [-0.39, 0.29) is 11.9 Å². The number of aryl methyl sites for hydroxylation is 2. The number of carbonyl (C=O) groups excluding carboxylic acids is 2. The van der Waals surface area contributed by atoms with Crippen LogP contribution >= 0.6 is 0 Å². The Morgan fingerprint density at radius 3 is 2.14 bits per heavy atom. The van der Waals surface area contributed by atoms with Gasteiger partial charge in [-0.25, -0.2) is 9.78 Å². The van der Waals surface area contributed by atoms with E-state index in [9.17, 15) is 9.59 Å². The highest BCUT2D eigenvalue weighted by atomic mass is 16.2. The number of anilines is 2. The minimum Gasteiger partial charge on any atom is -0.353 e. The minimum absolute atomic E-state index is 0.0198. The Morgan fingerprint density at radius 1 is 0.966 bits per heavy atom. The molecule has 1 saturated heterocycles. The molecule has 0 radical (unpaired) electrons. The quantitative estimate of drug-likeness (QED) is 0.802. The van der Waals surface area contributed by atoms with Crippen LogP contribution in [0.4, 0.5) is 16.3 Å². The molecule has 0 N–H and O–H groups in total. The maximum Gasteiger partial charge on any atom is 0.323 e. The number of carbonyl (C=O) groups is 2. The molecule has 0 aliphatic carbocycles. The second-order valence-electron chi connectivity index (χ2n) is 7.72. The van der Waals surface area contributed by atoms with E-state index in [0.717, 1.165) is 35.7 Å². The van der Waals surface area contributed by atoms with Crippen LogP contribution in [0.2, 0.25) is 0 Å². The number of hydrogen-bond donors (Lipinski definition) is 0. The Balaban J connectivity index is 1.62. The number of amides is 3. The Kier molecular flexibility index (Phi) is 6.06.